The second-order valence-corrected chi connectivity index (χ2v) is 9.30. The van der Waals surface area contributed by atoms with Gasteiger partial charge in [0.25, 0.3) is 0 Å². The molecule has 0 radical (unpaired) electrons. The number of hydrogen-bond acceptors (Lipinski definition) is 6. The second kappa shape index (κ2) is 10.1. The summed E-state index contributed by atoms with van der Waals surface area (Å²) in [7, 11) is 1.71. The van der Waals surface area contributed by atoms with Crippen molar-refractivity contribution < 1.29 is 9.47 Å². The molecule has 0 N–H and O–H groups in total. The van der Waals surface area contributed by atoms with Gasteiger partial charge in [0.05, 0.1) is 25.1 Å². The van der Waals surface area contributed by atoms with Crippen LogP contribution in [0.1, 0.15) is 30.4 Å². The fourth-order valence-electron chi connectivity index (χ4n) is 5.48. The molecule has 7 nitrogen and oxygen atoms in total. The summed E-state index contributed by atoms with van der Waals surface area (Å²) in [4.78, 5) is 4.87. The fraction of sp³-hybridized carbons (Fsp3) is 0.379. The van der Waals surface area contributed by atoms with Crippen LogP contribution in [0.4, 0.5) is 11.5 Å². The molecule has 1 saturated heterocycles. The van der Waals surface area contributed by atoms with Gasteiger partial charge in [-0.15, -0.1) is 5.10 Å². The van der Waals surface area contributed by atoms with Crippen molar-refractivity contribution in [3.63, 3.8) is 0 Å². The first-order valence-corrected chi connectivity index (χ1v) is 12.7. The highest BCUT2D eigenvalue weighted by Crippen LogP contribution is 2.38. The third-order valence-corrected chi connectivity index (χ3v) is 7.14. The first-order valence-electron chi connectivity index (χ1n) is 12.7. The Balaban J connectivity index is 1.57. The Bertz CT molecular complexity index is 1370. The number of fused-ring (bicyclic) bond motifs is 1. The van der Waals surface area contributed by atoms with E-state index >= 15 is 0 Å². The number of nitrogens with zero attached hydrogens (tertiary/aromatic N) is 5. The SMILES string of the molecule is CCOc1ccc(-n2c(C)c3c(C)nnc(N4CCCN(c5ccccc5)CC4)c3c2C)c(OC)c1. The van der Waals surface area contributed by atoms with Gasteiger partial charge in [0, 0.05) is 60.1 Å². The largest absolute Gasteiger partial charge is 0.494 e. The average molecular weight is 486 g/mol. The zero-order chi connectivity index (χ0) is 25.2. The Hall–Kier alpha value is -3.74. The highest BCUT2D eigenvalue weighted by molar-refractivity contribution is 5.99. The summed E-state index contributed by atoms with van der Waals surface area (Å²) in [6.45, 7) is 12.8. The molecule has 0 bridgehead atoms. The van der Waals surface area contributed by atoms with E-state index in [1.807, 2.05) is 26.0 Å². The predicted molar refractivity (Wildman–Crippen MR) is 146 cm³/mol. The van der Waals surface area contributed by atoms with Crippen molar-refractivity contribution in [2.24, 2.45) is 0 Å². The van der Waals surface area contributed by atoms with E-state index in [0.29, 0.717) is 6.61 Å². The molecule has 2 aromatic carbocycles. The quantitative estimate of drug-likeness (QED) is 0.361. The number of methoxy groups -OCH3 is 1. The summed E-state index contributed by atoms with van der Waals surface area (Å²) in [5.41, 5.74) is 5.49. The van der Waals surface area contributed by atoms with E-state index in [1.54, 1.807) is 7.11 Å². The predicted octanol–water partition coefficient (Wildman–Crippen LogP) is 5.47. The second-order valence-electron chi connectivity index (χ2n) is 9.30. The van der Waals surface area contributed by atoms with Crippen LogP contribution in [0.3, 0.4) is 0 Å². The third-order valence-electron chi connectivity index (χ3n) is 7.14. The van der Waals surface area contributed by atoms with E-state index in [0.717, 1.165) is 78.1 Å². The molecule has 0 spiro atoms. The minimum Gasteiger partial charge on any atom is -0.494 e. The Morgan fingerprint density at radius 3 is 2.31 bits per heavy atom. The Morgan fingerprint density at radius 2 is 1.56 bits per heavy atom. The Morgan fingerprint density at radius 1 is 0.833 bits per heavy atom. The maximum atomic E-state index is 5.79. The molecular formula is C29H35N5O2. The molecule has 1 aliphatic rings. The number of para-hydroxylation sites is 1. The van der Waals surface area contributed by atoms with Gasteiger partial charge in [0.2, 0.25) is 0 Å². The number of ether oxygens (including phenoxy) is 2. The maximum Gasteiger partial charge on any atom is 0.161 e. The van der Waals surface area contributed by atoms with Crippen LogP contribution in [0.15, 0.2) is 48.5 Å². The van der Waals surface area contributed by atoms with Crippen LogP contribution in [-0.4, -0.2) is 54.7 Å². The monoisotopic (exact) mass is 485 g/mol. The summed E-state index contributed by atoms with van der Waals surface area (Å²) in [6, 6.07) is 16.7. The van der Waals surface area contributed by atoms with Crippen molar-refractivity contribution in [3.8, 4) is 17.2 Å². The van der Waals surface area contributed by atoms with Gasteiger partial charge in [0.1, 0.15) is 11.5 Å². The Labute approximate surface area is 213 Å². The molecule has 1 aliphatic heterocycles. The van der Waals surface area contributed by atoms with Crippen LogP contribution in [0.5, 0.6) is 11.5 Å². The molecule has 3 heterocycles. The average Bonchev–Trinajstić information content (AvgIpc) is 3.04. The van der Waals surface area contributed by atoms with Crippen molar-refractivity contribution in [1.29, 1.82) is 0 Å². The number of rotatable bonds is 6. The van der Waals surface area contributed by atoms with Gasteiger partial charge in [-0.05, 0) is 58.4 Å². The number of aromatic nitrogens is 3. The van der Waals surface area contributed by atoms with E-state index in [4.69, 9.17) is 14.6 Å². The lowest BCUT2D eigenvalue weighted by Gasteiger charge is -2.24. The van der Waals surface area contributed by atoms with Crippen LogP contribution in [0.2, 0.25) is 0 Å². The number of benzene rings is 2. The molecule has 7 heteroatoms. The van der Waals surface area contributed by atoms with Crippen molar-refractivity contribution in [1.82, 2.24) is 14.8 Å². The number of anilines is 2. The molecule has 0 amide bonds. The van der Waals surface area contributed by atoms with Gasteiger partial charge < -0.3 is 23.8 Å². The zero-order valence-corrected chi connectivity index (χ0v) is 21.9. The van der Waals surface area contributed by atoms with Gasteiger partial charge in [-0.25, -0.2) is 0 Å². The maximum absolute atomic E-state index is 5.79. The van der Waals surface area contributed by atoms with Crippen molar-refractivity contribution in [2.75, 3.05) is 49.7 Å². The lowest BCUT2D eigenvalue weighted by Crippen LogP contribution is -2.31. The molecule has 0 atom stereocenters. The van der Waals surface area contributed by atoms with Crippen LogP contribution in [-0.2, 0) is 0 Å². The molecule has 4 aromatic rings. The smallest absolute Gasteiger partial charge is 0.161 e. The van der Waals surface area contributed by atoms with Gasteiger partial charge in [-0.2, -0.15) is 5.10 Å². The molecular weight excluding hydrogens is 450 g/mol. The topological polar surface area (TPSA) is 55.7 Å². The first kappa shape index (κ1) is 24.0. The fourth-order valence-corrected chi connectivity index (χ4v) is 5.48. The van der Waals surface area contributed by atoms with Crippen molar-refractivity contribution >= 4 is 22.3 Å². The van der Waals surface area contributed by atoms with E-state index < -0.39 is 0 Å². The van der Waals surface area contributed by atoms with E-state index in [-0.39, 0.29) is 0 Å². The van der Waals surface area contributed by atoms with E-state index in [1.165, 1.54) is 11.1 Å². The Kier molecular flexibility index (Phi) is 6.72. The molecule has 1 fully saturated rings. The summed E-state index contributed by atoms with van der Waals surface area (Å²) < 4.78 is 13.8. The summed E-state index contributed by atoms with van der Waals surface area (Å²) in [6.07, 6.45) is 1.07. The summed E-state index contributed by atoms with van der Waals surface area (Å²) >= 11 is 0. The molecule has 0 unspecified atom stereocenters. The van der Waals surface area contributed by atoms with E-state index in [2.05, 4.69) is 69.7 Å². The van der Waals surface area contributed by atoms with Gasteiger partial charge in [-0.3, -0.25) is 0 Å². The summed E-state index contributed by atoms with van der Waals surface area (Å²) in [5.74, 6) is 2.55. The molecule has 36 heavy (non-hydrogen) atoms. The van der Waals surface area contributed by atoms with Crippen LogP contribution >= 0.6 is 0 Å². The zero-order valence-electron chi connectivity index (χ0n) is 21.9. The number of hydrogen-bond donors (Lipinski definition) is 0. The number of aryl methyl sites for hydroxylation is 3. The lowest BCUT2D eigenvalue weighted by atomic mass is 10.1. The molecule has 0 saturated carbocycles. The van der Waals surface area contributed by atoms with Gasteiger partial charge in [-0.1, -0.05) is 18.2 Å². The molecule has 0 aliphatic carbocycles. The highest BCUT2D eigenvalue weighted by Gasteiger charge is 2.25. The van der Waals surface area contributed by atoms with Gasteiger partial charge in [0.15, 0.2) is 5.82 Å². The molecule has 2 aromatic heterocycles. The minimum absolute atomic E-state index is 0.616. The minimum atomic E-state index is 0.616. The van der Waals surface area contributed by atoms with E-state index in [9.17, 15) is 0 Å². The molecule has 5 rings (SSSR count). The van der Waals surface area contributed by atoms with Gasteiger partial charge >= 0.3 is 0 Å². The van der Waals surface area contributed by atoms with Crippen LogP contribution in [0.25, 0.3) is 16.5 Å². The normalized spacial score (nSPS) is 14.2. The molecule has 188 valence electrons. The first-order chi connectivity index (χ1) is 17.5. The van der Waals surface area contributed by atoms with Crippen LogP contribution < -0.4 is 19.3 Å². The lowest BCUT2D eigenvalue weighted by molar-refractivity contribution is 0.336. The van der Waals surface area contributed by atoms with Crippen LogP contribution in [0, 0.1) is 20.8 Å². The third kappa shape index (κ3) is 4.23. The standard InChI is InChI=1S/C29H35N5O2/c1-6-36-24-13-14-25(26(19-24)35-5)34-21(3)27-20(2)30-31-29(28(27)22(34)4)33-16-10-15-32(17-18-33)23-11-8-7-9-12-23/h7-9,11-14,19H,6,10,15-18H2,1-5H3. The van der Waals surface area contributed by atoms with Crippen molar-refractivity contribution in [2.45, 2.75) is 34.1 Å². The summed E-state index contributed by atoms with van der Waals surface area (Å²) in [5, 5.41) is 11.7. The highest BCUT2D eigenvalue weighted by atomic mass is 16.5. The van der Waals surface area contributed by atoms with Crippen molar-refractivity contribution in [3.05, 3.63) is 65.6 Å².